The summed E-state index contributed by atoms with van der Waals surface area (Å²) in [5, 5.41) is 0.882. The summed E-state index contributed by atoms with van der Waals surface area (Å²) in [5.41, 5.74) is 0.152. The molecular formula is C13H23Br2NO2. The lowest BCUT2D eigenvalue weighted by atomic mass is 9.91. The first kappa shape index (κ1) is 18.1. The van der Waals surface area contributed by atoms with E-state index in [9.17, 15) is 4.79 Å². The third kappa shape index (κ3) is 4.05. The Hall–Kier alpha value is 0.100. The van der Waals surface area contributed by atoms with Crippen molar-refractivity contribution in [2.75, 3.05) is 12.4 Å². The highest BCUT2D eigenvalue weighted by Crippen LogP contribution is 2.30. The average Bonchev–Trinajstić information content (AvgIpc) is 2.53. The monoisotopic (exact) mass is 383 g/mol. The van der Waals surface area contributed by atoms with Crippen LogP contribution in [-0.2, 0) is 9.53 Å². The van der Waals surface area contributed by atoms with Crippen LogP contribution in [0.3, 0.4) is 0 Å². The van der Waals surface area contributed by atoms with Crippen LogP contribution >= 0.6 is 15.9 Å². The topological polar surface area (TPSA) is 29.3 Å². The Bertz CT molecular complexity index is 327. The van der Waals surface area contributed by atoms with Crippen LogP contribution in [-0.4, -0.2) is 41.3 Å². The molecule has 0 aliphatic carbocycles. The van der Waals surface area contributed by atoms with Gasteiger partial charge in [-0.1, -0.05) is 43.6 Å². The molecule has 0 spiro atoms. The number of alkyl halides is 1. The van der Waals surface area contributed by atoms with E-state index in [0.717, 1.165) is 11.8 Å². The van der Waals surface area contributed by atoms with Crippen molar-refractivity contribution < 1.29 is 31.1 Å². The molecule has 18 heavy (non-hydrogen) atoms. The van der Waals surface area contributed by atoms with Crippen LogP contribution in [0, 0.1) is 11.3 Å². The normalized spacial score (nSPS) is 23.3. The molecule has 0 amide bonds. The number of carbonyl (C=O) groups is 1. The van der Waals surface area contributed by atoms with Gasteiger partial charge >= 0.3 is 5.97 Å². The summed E-state index contributed by atoms with van der Waals surface area (Å²) in [4.78, 5) is 11.9. The summed E-state index contributed by atoms with van der Waals surface area (Å²) in [6.07, 6.45) is 3.26. The number of hydrogen-bond acceptors (Lipinski definition) is 2. The van der Waals surface area contributed by atoms with Gasteiger partial charge in [0.05, 0.1) is 12.4 Å². The number of methoxy groups -OCH3 is 1. The van der Waals surface area contributed by atoms with Crippen LogP contribution in [0.5, 0.6) is 0 Å². The molecule has 0 N–H and O–H groups in total. The van der Waals surface area contributed by atoms with E-state index in [1.807, 2.05) is 0 Å². The average molecular weight is 385 g/mol. The van der Waals surface area contributed by atoms with Crippen LogP contribution in [0.2, 0.25) is 0 Å². The summed E-state index contributed by atoms with van der Waals surface area (Å²) in [5.74, 6) is 0.106. The van der Waals surface area contributed by atoms with Gasteiger partial charge in [-0.05, 0) is 0 Å². The van der Waals surface area contributed by atoms with Crippen LogP contribution in [0.1, 0.15) is 34.1 Å². The van der Waals surface area contributed by atoms with Crippen LogP contribution < -0.4 is 17.0 Å². The van der Waals surface area contributed by atoms with Crippen molar-refractivity contribution in [3.8, 4) is 0 Å². The van der Waals surface area contributed by atoms with E-state index in [1.54, 1.807) is 0 Å². The van der Waals surface area contributed by atoms with Crippen molar-refractivity contribution in [2.24, 2.45) is 11.3 Å². The van der Waals surface area contributed by atoms with Crippen molar-refractivity contribution >= 4 is 28.1 Å². The molecule has 106 valence electrons. The summed E-state index contributed by atoms with van der Waals surface area (Å²) >= 11 is 3.54. The second-order valence-electron chi connectivity index (χ2n) is 5.79. The Morgan fingerprint density at radius 3 is 2.50 bits per heavy atom. The zero-order valence-electron chi connectivity index (χ0n) is 11.7. The maximum Gasteiger partial charge on any atom is 0.375 e. The van der Waals surface area contributed by atoms with Gasteiger partial charge in [0, 0.05) is 17.8 Å². The molecule has 1 unspecified atom stereocenters. The molecule has 5 heteroatoms. The standard InChI is InChI=1S/C13H23BrNO2.BrH/c1-9(2)11(12(16)17-5)15-8-13(3,4)6-10(15)7-14;/h8-11H,6-7H2,1-5H3;1H/q+1;/p-1/t10?,11-;/m0./s1. The molecule has 3 nitrogen and oxygen atoms in total. The molecular weight excluding hydrogens is 362 g/mol. The molecule has 2 atom stereocenters. The fraction of sp³-hybridized carbons (Fsp3) is 0.846. The number of rotatable bonds is 4. The van der Waals surface area contributed by atoms with Crippen LogP contribution in [0.25, 0.3) is 0 Å². The fourth-order valence-electron chi connectivity index (χ4n) is 2.57. The molecule has 1 rings (SSSR count). The second-order valence-corrected chi connectivity index (χ2v) is 6.44. The van der Waals surface area contributed by atoms with Gasteiger partial charge in [0.2, 0.25) is 0 Å². The molecule has 1 aliphatic heterocycles. The molecule has 0 saturated carbocycles. The van der Waals surface area contributed by atoms with E-state index in [2.05, 4.69) is 54.4 Å². The summed E-state index contributed by atoms with van der Waals surface area (Å²) in [6, 6.07) is 0.195. The lowest BCUT2D eigenvalue weighted by Gasteiger charge is -2.19. The number of nitrogens with zero attached hydrogens (tertiary/aromatic N) is 1. The van der Waals surface area contributed by atoms with E-state index in [4.69, 9.17) is 4.74 Å². The highest BCUT2D eigenvalue weighted by Gasteiger charge is 2.45. The molecule has 0 aromatic carbocycles. The smallest absolute Gasteiger partial charge is 0.375 e. The number of hydrogen-bond donors (Lipinski definition) is 0. The van der Waals surface area contributed by atoms with Gasteiger partial charge in [-0.15, -0.1) is 0 Å². The molecule has 0 aromatic heterocycles. The Kier molecular flexibility index (Phi) is 7.07. The highest BCUT2D eigenvalue weighted by atomic mass is 79.9. The van der Waals surface area contributed by atoms with E-state index < -0.39 is 0 Å². The zero-order valence-corrected chi connectivity index (χ0v) is 14.9. The third-order valence-electron chi connectivity index (χ3n) is 3.26. The first-order valence-corrected chi connectivity index (χ1v) is 7.22. The van der Waals surface area contributed by atoms with Crippen molar-refractivity contribution in [3.63, 3.8) is 0 Å². The van der Waals surface area contributed by atoms with Crippen molar-refractivity contribution in [1.82, 2.24) is 0 Å². The highest BCUT2D eigenvalue weighted by molar-refractivity contribution is 9.09. The van der Waals surface area contributed by atoms with Crippen LogP contribution in [0.4, 0.5) is 0 Å². The number of ether oxygens (including phenoxy) is 1. The molecule has 0 aromatic rings. The minimum atomic E-state index is -0.177. The first-order valence-electron chi connectivity index (χ1n) is 6.09. The Balaban J connectivity index is 0.00000289. The van der Waals surface area contributed by atoms with Gasteiger partial charge in [-0.3, -0.25) is 0 Å². The molecule has 0 radical (unpaired) electrons. The third-order valence-corrected chi connectivity index (χ3v) is 4.00. The van der Waals surface area contributed by atoms with Gasteiger partial charge < -0.3 is 21.7 Å². The van der Waals surface area contributed by atoms with E-state index in [0.29, 0.717) is 6.04 Å². The molecule has 1 aliphatic rings. The predicted octanol–water partition coefficient (Wildman–Crippen LogP) is -0.535. The largest absolute Gasteiger partial charge is 1.00 e. The maximum absolute atomic E-state index is 11.9. The summed E-state index contributed by atoms with van der Waals surface area (Å²) in [6.45, 7) is 8.53. The summed E-state index contributed by atoms with van der Waals surface area (Å²) < 4.78 is 7.12. The number of carbonyl (C=O) groups excluding carboxylic acids is 1. The lowest BCUT2D eigenvalue weighted by molar-refractivity contribution is -0.581. The Labute approximate surface area is 129 Å². The Morgan fingerprint density at radius 1 is 1.56 bits per heavy atom. The van der Waals surface area contributed by atoms with Gasteiger partial charge in [0.25, 0.3) is 6.04 Å². The minimum absolute atomic E-state index is 0. The van der Waals surface area contributed by atoms with E-state index in [-0.39, 0.29) is 40.3 Å². The number of esters is 1. The zero-order chi connectivity index (χ0) is 13.2. The molecule has 0 bridgehead atoms. The lowest BCUT2D eigenvalue weighted by Crippen LogP contribution is -3.00. The van der Waals surface area contributed by atoms with Gasteiger partial charge in [-0.2, -0.15) is 0 Å². The SMILES string of the molecule is COC(=O)[C@H](C(C)C)[N+]1=CC(C)(C)CC1CBr.[Br-]. The molecule has 0 fully saturated rings. The van der Waals surface area contributed by atoms with Crippen LogP contribution in [0.15, 0.2) is 0 Å². The first-order chi connectivity index (χ1) is 7.82. The van der Waals surface area contributed by atoms with Crippen molar-refractivity contribution in [3.05, 3.63) is 0 Å². The van der Waals surface area contributed by atoms with Crippen molar-refractivity contribution in [2.45, 2.75) is 46.2 Å². The maximum atomic E-state index is 11.9. The fourth-order valence-corrected chi connectivity index (χ4v) is 3.14. The van der Waals surface area contributed by atoms with Gasteiger partial charge in [0.1, 0.15) is 6.21 Å². The molecule has 1 heterocycles. The van der Waals surface area contributed by atoms with Gasteiger partial charge in [0.15, 0.2) is 6.04 Å². The quantitative estimate of drug-likeness (QED) is 0.370. The predicted molar refractivity (Wildman–Crippen MR) is 72.9 cm³/mol. The summed E-state index contributed by atoms with van der Waals surface area (Å²) in [7, 11) is 1.46. The van der Waals surface area contributed by atoms with E-state index in [1.165, 1.54) is 7.11 Å². The Morgan fingerprint density at radius 2 is 2.11 bits per heavy atom. The number of halogens is 2. The van der Waals surface area contributed by atoms with E-state index >= 15 is 0 Å². The van der Waals surface area contributed by atoms with Crippen molar-refractivity contribution in [1.29, 1.82) is 0 Å². The second kappa shape index (κ2) is 7.04. The van der Waals surface area contributed by atoms with Gasteiger partial charge in [-0.25, -0.2) is 9.37 Å². The molecule has 0 saturated heterocycles. The minimum Gasteiger partial charge on any atom is -1.00 e.